The summed E-state index contributed by atoms with van der Waals surface area (Å²) < 4.78 is 18.2. The van der Waals surface area contributed by atoms with E-state index in [2.05, 4.69) is 26.9 Å². The number of rotatable bonds is 3. The summed E-state index contributed by atoms with van der Waals surface area (Å²) in [6.45, 7) is 7.55. The van der Waals surface area contributed by atoms with Crippen molar-refractivity contribution >= 4 is 5.69 Å². The molecule has 2 heterocycles. The number of halogens is 1. The van der Waals surface area contributed by atoms with Crippen LogP contribution in [0.25, 0.3) is 0 Å². The number of piperazine rings is 1. The van der Waals surface area contributed by atoms with Gasteiger partial charge in [-0.25, -0.2) is 4.39 Å². The van der Waals surface area contributed by atoms with Crippen LogP contribution >= 0.6 is 0 Å². The molecule has 112 valence electrons. The van der Waals surface area contributed by atoms with Crippen LogP contribution in [0.1, 0.15) is 24.7 Å². The Morgan fingerprint density at radius 2 is 1.81 bits per heavy atom. The van der Waals surface area contributed by atoms with Crippen LogP contribution < -0.4 is 4.90 Å². The number of aryl methyl sites for hydroxylation is 1. The summed E-state index contributed by atoms with van der Waals surface area (Å²) in [4.78, 5) is 8.89. The molecule has 0 N–H and O–H groups in total. The number of hydrogen-bond acceptors (Lipinski definition) is 5. The minimum atomic E-state index is -0.197. The van der Waals surface area contributed by atoms with Gasteiger partial charge in [0, 0.05) is 31.9 Å². The summed E-state index contributed by atoms with van der Waals surface area (Å²) in [5.74, 6) is 1.14. The molecule has 1 aliphatic rings. The number of benzene rings is 1. The molecule has 0 unspecified atom stereocenters. The lowest BCUT2D eigenvalue weighted by atomic mass is 10.2. The van der Waals surface area contributed by atoms with Gasteiger partial charge in [0.05, 0.1) is 6.04 Å². The molecule has 1 aliphatic heterocycles. The standard InChI is InChI=1S/C15H19FN4O/c1-11(15-17-12(2)18-21-15)19-7-9-20(10-8-19)14-5-3-13(16)4-6-14/h3-6,11H,7-10H2,1-2H3/t11-/m0/s1. The molecule has 1 fully saturated rings. The maximum absolute atomic E-state index is 13.0. The molecule has 21 heavy (non-hydrogen) atoms. The molecule has 6 heteroatoms. The van der Waals surface area contributed by atoms with Crippen LogP contribution in [-0.2, 0) is 0 Å². The van der Waals surface area contributed by atoms with Gasteiger partial charge in [0.25, 0.3) is 0 Å². The summed E-state index contributed by atoms with van der Waals surface area (Å²) in [5.41, 5.74) is 1.07. The Labute approximate surface area is 123 Å². The quantitative estimate of drug-likeness (QED) is 0.868. The SMILES string of the molecule is Cc1noc([C@H](C)N2CCN(c3ccc(F)cc3)CC2)n1. The van der Waals surface area contributed by atoms with Gasteiger partial charge in [-0.15, -0.1) is 0 Å². The van der Waals surface area contributed by atoms with Crippen molar-refractivity contribution in [2.24, 2.45) is 0 Å². The average Bonchev–Trinajstić information content (AvgIpc) is 2.94. The highest BCUT2D eigenvalue weighted by Gasteiger charge is 2.25. The van der Waals surface area contributed by atoms with Gasteiger partial charge in [-0.2, -0.15) is 4.98 Å². The third kappa shape index (κ3) is 3.05. The smallest absolute Gasteiger partial charge is 0.243 e. The molecule has 1 atom stereocenters. The number of hydrogen-bond donors (Lipinski definition) is 0. The van der Waals surface area contributed by atoms with Crippen molar-refractivity contribution in [3.63, 3.8) is 0 Å². The van der Waals surface area contributed by atoms with Crippen LogP contribution in [0.5, 0.6) is 0 Å². The van der Waals surface area contributed by atoms with Crippen LogP contribution in [0.4, 0.5) is 10.1 Å². The molecule has 1 aromatic carbocycles. The normalized spacial score (nSPS) is 18.0. The second-order valence-corrected chi connectivity index (χ2v) is 5.36. The molecule has 0 saturated carbocycles. The summed E-state index contributed by atoms with van der Waals surface area (Å²) in [6, 6.07) is 6.80. The predicted octanol–water partition coefficient (Wildman–Crippen LogP) is 2.40. The monoisotopic (exact) mass is 290 g/mol. The van der Waals surface area contributed by atoms with Gasteiger partial charge in [-0.1, -0.05) is 5.16 Å². The average molecular weight is 290 g/mol. The van der Waals surface area contributed by atoms with E-state index in [1.165, 1.54) is 12.1 Å². The fourth-order valence-corrected chi connectivity index (χ4v) is 2.66. The Bertz CT molecular complexity index is 590. The van der Waals surface area contributed by atoms with E-state index in [0.29, 0.717) is 11.7 Å². The summed E-state index contributed by atoms with van der Waals surface area (Å²) in [7, 11) is 0. The first-order valence-electron chi connectivity index (χ1n) is 7.18. The Morgan fingerprint density at radius 3 is 2.38 bits per heavy atom. The van der Waals surface area contributed by atoms with Gasteiger partial charge < -0.3 is 9.42 Å². The van der Waals surface area contributed by atoms with Crippen molar-refractivity contribution in [1.82, 2.24) is 15.0 Å². The van der Waals surface area contributed by atoms with Crippen LogP contribution in [0.3, 0.4) is 0 Å². The highest BCUT2D eigenvalue weighted by Crippen LogP contribution is 2.22. The van der Waals surface area contributed by atoms with Crippen LogP contribution in [0.2, 0.25) is 0 Å². The molecular weight excluding hydrogens is 271 g/mol. The fourth-order valence-electron chi connectivity index (χ4n) is 2.66. The zero-order valence-electron chi connectivity index (χ0n) is 12.3. The predicted molar refractivity (Wildman–Crippen MR) is 77.6 cm³/mol. The zero-order chi connectivity index (χ0) is 14.8. The van der Waals surface area contributed by atoms with E-state index in [4.69, 9.17) is 4.52 Å². The fraction of sp³-hybridized carbons (Fsp3) is 0.467. The second kappa shape index (κ2) is 5.81. The van der Waals surface area contributed by atoms with Crippen molar-refractivity contribution in [3.05, 3.63) is 41.8 Å². The van der Waals surface area contributed by atoms with E-state index in [0.717, 1.165) is 31.9 Å². The highest BCUT2D eigenvalue weighted by atomic mass is 19.1. The van der Waals surface area contributed by atoms with E-state index < -0.39 is 0 Å². The third-order valence-corrected chi connectivity index (χ3v) is 3.95. The molecule has 1 saturated heterocycles. The number of aromatic nitrogens is 2. The molecule has 2 aromatic rings. The van der Waals surface area contributed by atoms with Gasteiger partial charge in [-0.05, 0) is 38.1 Å². The molecule has 5 nitrogen and oxygen atoms in total. The van der Waals surface area contributed by atoms with Gasteiger partial charge >= 0.3 is 0 Å². The maximum Gasteiger partial charge on any atom is 0.243 e. The first-order chi connectivity index (χ1) is 10.1. The molecule has 0 spiro atoms. The van der Waals surface area contributed by atoms with Crippen LogP contribution in [-0.4, -0.2) is 41.2 Å². The summed E-state index contributed by atoms with van der Waals surface area (Å²) >= 11 is 0. The largest absolute Gasteiger partial charge is 0.369 e. The van der Waals surface area contributed by atoms with Crippen molar-refractivity contribution in [2.45, 2.75) is 19.9 Å². The highest BCUT2D eigenvalue weighted by molar-refractivity contribution is 5.46. The van der Waals surface area contributed by atoms with Crippen LogP contribution in [0.15, 0.2) is 28.8 Å². The minimum Gasteiger partial charge on any atom is -0.369 e. The topological polar surface area (TPSA) is 45.4 Å². The number of nitrogens with zero attached hydrogens (tertiary/aromatic N) is 4. The minimum absolute atomic E-state index is 0.126. The molecule has 0 radical (unpaired) electrons. The van der Waals surface area contributed by atoms with Crippen molar-refractivity contribution in [1.29, 1.82) is 0 Å². The molecule has 0 amide bonds. The van der Waals surface area contributed by atoms with E-state index in [1.54, 1.807) is 0 Å². The molecule has 0 bridgehead atoms. The van der Waals surface area contributed by atoms with Gasteiger partial charge in [-0.3, -0.25) is 4.90 Å². The summed E-state index contributed by atoms with van der Waals surface area (Å²) in [6.07, 6.45) is 0. The molecular formula is C15H19FN4O. The maximum atomic E-state index is 13.0. The lowest BCUT2D eigenvalue weighted by molar-refractivity contribution is 0.164. The Kier molecular flexibility index (Phi) is 3.88. The van der Waals surface area contributed by atoms with E-state index in [9.17, 15) is 4.39 Å². The van der Waals surface area contributed by atoms with Gasteiger partial charge in [0.1, 0.15) is 5.82 Å². The number of anilines is 1. The van der Waals surface area contributed by atoms with Crippen molar-refractivity contribution in [2.75, 3.05) is 31.1 Å². The second-order valence-electron chi connectivity index (χ2n) is 5.36. The van der Waals surface area contributed by atoms with E-state index >= 15 is 0 Å². The Hall–Kier alpha value is -1.95. The third-order valence-electron chi connectivity index (χ3n) is 3.95. The van der Waals surface area contributed by atoms with Crippen molar-refractivity contribution in [3.8, 4) is 0 Å². The van der Waals surface area contributed by atoms with Gasteiger partial charge in [0.2, 0.25) is 5.89 Å². The zero-order valence-corrected chi connectivity index (χ0v) is 12.3. The van der Waals surface area contributed by atoms with Crippen LogP contribution in [0, 0.1) is 12.7 Å². The lowest BCUT2D eigenvalue weighted by Gasteiger charge is -2.38. The first-order valence-corrected chi connectivity index (χ1v) is 7.18. The van der Waals surface area contributed by atoms with Gasteiger partial charge in [0.15, 0.2) is 5.82 Å². The molecule has 1 aromatic heterocycles. The van der Waals surface area contributed by atoms with E-state index in [1.807, 2.05) is 19.1 Å². The molecule has 0 aliphatic carbocycles. The van der Waals surface area contributed by atoms with Crippen molar-refractivity contribution < 1.29 is 8.91 Å². The Balaban J connectivity index is 1.61. The first kappa shape index (κ1) is 14.0. The summed E-state index contributed by atoms with van der Waals surface area (Å²) in [5, 5.41) is 3.84. The Morgan fingerprint density at radius 1 is 1.14 bits per heavy atom. The lowest BCUT2D eigenvalue weighted by Crippen LogP contribution is -2.47. The van der Waals surface area contributed by atoms with E-state index in [-0.39, 0.29) is 11.9 Å². The molecule has 3 rings (SSSR count).